The molecule has 0 spiro atoms. The monoisotopic (exact) mass is 406 g/mol. The van der Waals surface area contributed by atoms with Crippen LogP contribution in [0.4, 0.5) is 0 Å². The van der Waals surface area contributed by atoms with Crippen LogP contribution in [-0.2, 0) is 21.0 Å². The topological polar surface area (TPSA) is 95.6 Å². The first-order valence-corrected chi connectivity index (χ1v) is 11.5. The molecule has 28 heavy (non-hydrogen) atoms. The van der Waals surface area contributed by atoms with Crippen molar-refractivity contribution in [1.82, 2.24) is 15.6 Å². The van der Waals surface area contributed by atoms with Gasteiger partial charge in [0.2, 0.25) is 0 Å². The summed E-state index contributed by atoms with van der Waals surface area (Å²) in [7, 11) is -1.51. The number of aliphatic imine (C=N–C) groups is 1. The van der Waals surface area contributed by atoms with E-state index in [1.807, 2.05) is 6.20 Å². The molecule has 0 bridgehead atoms. The fraction of sp³-hybridized carbons (Fsp3) is 0.550. The Balaban J connectivity index is 1.57. The molecule has 2 heterocycles. The summed E-state index contributed by atoms with van der Waals surface area (Å²) in [5.74, 6) is 0.616. The van der Waals surface area contributed by atoms with Gasteiger partial charge in [-0.2, -0.15) is 0 Å². The van der Waals surface area contributed by atoms with Crippen molar-refractivity contribution in [3.05, 3.63) is 35.5 Å². The van der Waals surface area contributed by atoms with E-state index in [1.54, 1.807) is 7.05 Å². The summed E-state index contributed by atoms with van der Waals surface area (Å²) < 4.78 is 29.3. The molecule has 2 aromatic rings. The number of guanidine groups is 1. The number of hydrogen-bond donors (Lipinski definition) is 3. The van der Waals surface area contributed by atoms with Crippen molar-refractivity contribution < 1.29 is 13.2 Å². The number of nitrogens with zero attached hydrogens (tertiary/aromatic N) is 1. The molecule has 3 N–H and O–H groups in total. The predicted molar refractivity (Wildman–Crippen MR) is 114 cm³/mol. The molecule has 0 amide bonds. The third kappa shape index (κ3) is 4.50. The number of ether oxygens (including phenoxy) is 1. The van der Waals surface area contributed by atoms with E-state index < -0.39 is 14.6 Å². The average molecular weight is 407 g/mol. The lowest BCUT2D eigenvalue weighted by Crippen LogP contribution is -2.53. The maximum Gasteiger partial charge on any atom is 0.191 e. The lowest BCUT2D eigenvalue weighted by atomic mass is 9.99. The van der Waals surface area contributed by atoms with Crippen LogP contribution >= 0.6 is 0 Å². The summed E-state index contributed by atoms with van der Waals surface area (Å²) in [6, 6.07) is 6.40. The van der Waals surface area contributed by atoms with Crippen molar-refractivity contribution in [2.45, 2.75) is 30.9 Å². The number of nitrogens with one attached hydrogen (secondary N) is 3. The highest BCUT2D eigenvalue weighted by molar-refractivity contribution is 7.92. The van der Waals surface area contributed by atoms with Crippen molar-refractivity contribution in [2.24, 2.45) is 4.99 Å². The molecule has 7 nitrogen and oxygen atoms in total. The number of benzene rings is 1. The third-order valence-corrected chi connectivity index (χ3v) is 7.73. The zero-order valence-corrected chi connectivity index (χ0v) is 17.7. The molecule has 0 radical (unpaired) electrons. The summed E-state index contributed by atoms with van der Waals surface area (Å²) in [5.41, 5.74) is 3.62. The maximum absolute atomic E-state index is 12.4. The van der Waals surface area contributed by atoms with Crippen molar-refractivity contribution >= 4 is 26.7 Å². The molecule has 3 rings (SSSR count). The van der Waals surface area contributed by atoms with E-state index in [9.17, 15) is 8.42 Å². The number of sulfone groups is 1. The highest BCUT2D eigenvalue weighted by atomic mass is 32.2. The van der Waals surface area contributed by atoms with E-state index in [0.29, 0.717) is 45.1 Å². The van der Waals surface area contributed by atoms with Crippen LogP contribution in [-0.4, -0.2) is 63.7 Å². The first-order chi connectivity index (χ1) is 13.3. The Morgan fingerprint density at radius 2 is 2.04 bits per heavy atom. The Kier molecular flexibility index (Phi) is 6.30. The van der Waals surface area contributed by atoms with Gasteiger partial charge in [-0.15, -0.1) is 0 Å². The van der Waals surface area contributed by atoms with Crippen LogP contribution in [0, 0.1) is 6.92 Å². The molecule has 1 aromatic carbocycles. The molecule has 1 aliphatic heterocycles. The third-order valence-electron chi connectivity index (χ3n) is 5.60. The second-order valence-electron chi connectivity index (χ2n) is 7.53. The van der Waals surface area contributed by atoms with Crippen LogP contribution in [0.1, 0.15) is 24.0 Å². The Labute approximate surface area is 166 Å². The Morgan fingerprint density at radius 3 is 2.71 bits per heavy atom. The number of H-pyrrole nitrogens is 1. The molecule has 0 aliphatic carbocycles. The SMILES string of the molecule is CN=C(NCCc1c[nH]c2cc(C)ccc12)NCC1(S(C)(=O)=O)CCOCC1. The molecule has 154 valence electrons. The van der Waals surface area contributed by atoms with E-state index in [1.165, 1.54) is 22.8 Å². The van der Waals surface area contributed by atoms with E-state index >= 15 is 0 Å². The molecule has 1 fully saturated rings. The number of aromatic amines is 1. The summed E-state index contributed by atoms with van der Waals surface area (Å²) in [5, 5.41) is 7.73. The molecule has 1 aliphatic rings. The van der Waals surface area contributed by atoms with Gasteiger partial charge >= 0.3 is 0 Å². The van der Waals surface area contributed by atoms with Crippen molar-refractivity contribution in [2.75, 3.05) is 39.6 Å². The number of fused-ring (bicyclic) bond motifs is 1. The van der Waals surface area contributed by atoms with Crippen molar-refractivity contribution in [1.29, 1.82) is 0 Å². The van der Waals surface area contributed by atoms with Gasteiger partial charge in [0.05, 0.1) is 4.75 Å². The van der Waals surface area contributed by atoms with Gasteiger partial charge in [0.25, 0.3) is 0 Å². The van der Waals surface area contributed by atoms with Gasteiger partial charge in [-0.25, -0.2) is 8.42 Å². The zero-order valence-electron chi connectivity index (χ0n) is 16.8. The smallest absolute Gasteiger partial charge is 0.191 e. The minimum atomic E-state index is -3.20. The van der Waals surface area contributed by atoms with Gasteiger partial charge in [0, 0.05) is 56.7 Å². The molecule has 1 aromatic heterocycles. The largest absolute Gasteiger partial charge is 0.381 e. The van der Waals surface area contributed by atoms with E-state index in [4.69, 9.17) is 4.74 Å². The number of rotatable bonds is 6. The number of aryl methyl sites for hydroxylation is 1. The Hall–Kier alpha value is -2.06. The van der Waals surface area contributed by atoms with Crippen LogP contribution in [0.5, 0.6) is 0 Å². The summed E-state index contributed by atoms with van der Waals surface area (Å²) in [6.07, 6.45) is 5.21. The van der Waals surface area contributed by atoms with Crippen molar-refractivity contribution in [3.8, 4) is 0 Å². The minimum absolute atomic E-state index is 0.335. The van der Waals surface area contributed by atoms with Crippen molar-refractivity contribution in [3.63, 3.8) is 0 Å². The van der Waals surface area contributed by atoms with Gasteiger partial charge in [-0.05, 0) is 43.4 Å². The molecular weight excluding hydrogens is 376 g/mol. The van der Waals surface area contributed by atoms with E-state index in [-0.39, 0.29) is 0 Å². The average Bonchev–Trinajstić information content (AvgIpc) is 3.06. The number of aromatic nitrogens is 1. The van der Waals surface area contributed by atoms with Gasteiger partial charge in [-0.1, -0.05) is 12.1 Å². The number of hydrogen-bond acceptors (Lipinski definition) is 4. The molecule has 0 atom stereocenters. The second-order valence-corrected chi connectivity index (χ2v) is 9.94. The van der Waals surface area contributed by atoms with E-state index in [0.717, 1.165) is 11.9 Å². The fourth-order valence-corrected chi connectivity index (χ4v) is 4.95. The summed E-state index contributed by atoms with van der Waals surface area (Å²) >= 11 is 0. The highest BCUT2D eigenvalue weighted by Crippen LogP contribution is 2.28. The lowest BCUT2D eigenvalue weighted by Gasteiger charge is -2.35. The molecule has 0 saturated carbocycles. The second kappa shape index (κ2) is 8.53. The van der Waals surface area contributed by atoms with Gasteiger partial charge in [-0.3, -0.25) is 4.99 Å². The highest BCUT2D eigenvalue weighted by Gasteiger charge is 2.42. The Morgan fingerprint density at radius 1 is 1.29 bits per heavy atom. The standard InChI is InChI=1S/C20H30N4O3S/c1-15-4-5-17-16(13-23-18(17)12-15)6-9-22-19(21-2)24-14-20(28(3,25)26)7-10-27-11-8-20/h4-5,12-13,23H,6-11,14H2,1-3H3,(H2,21,22,24). The minimum Gasteiger partial charge on any atom is -0.381 e. The van der Waals surface area contributed by atoms with Crippen LogP contribution in [0.25, 0.3) is 10.9 Å². The molecule has 8 heteroatoms. The fourth-order valence-electron chi connectivity index (χ4n) is 3.71. The van der Waals surface area contributed by atoms with Crippen LogP contribution in [0.2, 0.25) is 0 Å². The predicted octanol–water partition coefficient (Wildman–Crippen LogP) is 1.78. The van der Waals surface area contributed by atoms with E-state index in [2.05, 4.69) is 45.7 Å². The quantitative estimate of drug-likeness (QED) is 0.502. The molecule has 1 saturated heterocycles. The Bertz CT molecular complexity index is 944. The first-order valence-electron chi connectivity index (χ1n) is 9.63. The summed E-state index contributed by atoms with van der Waals surface area (Å²) in [4.78, 5) is 7.56. The van der Waals surface area contributed by atoms with Gasteiger partial charge < -0.3 is 20.4 Å². The normalized spacial score (nSPS) is 17.6. The van der Waals surface area contributed by atoms with Crippen LogP contribution < -0.4 is 10.6 Å². The molecule has 0 unspecified atom stereocenters. The first kappa shape index (κ1) is 20.7. The summed E-state index contributed by atoms with van der Waals surface area (Å²) in [6.45, 7) is 4.07. The van der Waals surface area contributed by atoms with Gasteiger partial charge in [0.1, 0.15) is 0 Å². The molecular formula is C20H30N4O3S. The van der Waals surface area contributed by atoms with Crippen LogP contribution in [0.15, 0.2) is 29.4 Å². The van der Waals surface area contributed by atoms with Crippen LogP contribution in [0.3, 0.4) is 0 Å². The zero-order chi connectivity index (χ0) is 20.2. The maximum atomic E-state index is 12.4. The lowest BCUT2D eigenvalue weighted by molar-refractivity contribution is 0.0756. The van der Waals surface area contributed by atoms with Gasteiger partial charge in [0.15, 0.2) is 15.8 Å².